The van der Waals surface area contributed by atoms with Gasteiger partial charge in [-0.3, -0.25) is 4.79 Å². The van der Waals surface area contributed by atoms with Crippen LogP contribution in [0.3, 0.4) is 0 Å². The van der Waals surface area contributed by atoms with Crippen LogP contribution in [0.2, 0.25) is 5.02 Å². The van der Waals surface area contributed by atoms with Gasteiger partial charge in [0.25, 0.3) is 5.91 Å². The number of rotatable bonds is 4. The molecule has 0 bridgehead atoms. The van der Waals surface area contributed by atoms with Gasteiger partial charge in [-0.2, -0.15) is 0 Å². The second-order valence-corrected chi connectivity index (χ2v) is 4.13. The summed E-state index contributed by atoms with van der Waals surface area (Å²) >= 11 is 5.72. The van der Waals surface area contributed by atoms with Crippen LogP contribution in [0.25, 0.3) is 0 Å². The standard InChI is InChI=1S/C12H14ClNO4/c1-12(18-3,11(16)17-2)14-10(15)8-4-6-9(13)7-5-8/h4-7H,1-3H3,(H,14,15)/t12-/m1/s1. The number of nitrogens with one attached hydrogen (secondary N) is 1. The van der Waals surface area contributed by atoms with Crippen molar-refractivity contribution in [2.45, 2.75) is 12.6 Å². The molecule has 0 aromatic heterocycles. The molecule has 0 aliphatic carbocycles. The Balaban J connectivity index is 2.86. The van der Waals surface area contributed by atoms with E-state index in [-0.39, 0.29) is 0 Å². The maximum atomic E-state index is 11.9. The Hall–Kier alpha value is -1.59. The first-order chi connectivity index (χ1) is 8.42. The lowest BCUT2D eigenvalue weighted by Gasteiger charge is -2.26. The number of hydrogen-bond donors (Lipinski definition) is 1. The van der Waals surface area contributed by atoms with Gasteiger partial charge in [-0.15, -0.1) is 0 Å². The van der Waals surface area contributed by atoms with Crippen molar-refractivity contribution in [1.82, 2.24) is 5.32 Å². The fourth-order valence-corrected chi connectivity index (χ4v) is 1.40. The van der Waals surface area contributed by atoms with E-state index in [0.717, 1.165) is 0 Å². The molecule has 0 aliphatic heterocycles. The van der Waals surface area contributed by atoms with E-state index in [4.69, 9.17) is 16.3 Å². The van der Waals surface area contributed by atoms with Crippen molar-refractivity contribution in [2.24, 2.45) is 0 Å². The third-order valence-corrected chi connectivity index (χ3v) is 2.69. The van der Waals surface area contributed by atoms with Gasteiger partial charge in [0, 0.05) is 17.7 Å². The zero-order chi connectivity index (χ0) is 13.8. The van der Waals surface area contributed by atoms with Gasteiger partial charge in [0.2, 0.25) is 5.72 Å². The topological polar surface area (TPSA) is 64.6 Å². The van der Waals surface area contributed by atoms with Crippen molar-refractivity contribution < 1.29 is 19.1 Å². The highest BCUT2D eigenvalue weighted by atomic mass is 35.5. The molecule has 5 nitrogen and oxygen atoms in total. The Morgan fingerprint density at radius 3 is 2.22 bits per heavy atom. The Morgan fingerprint density at radius 2 is 1.78 bits per heavy atom. The highest BCUT2D eigenvalue weighted by Gasteiger charge is 2.36. The molecule has 1 N–H and O–H groups in total. The number of methoxy groups -OCH3 is 2. The highest BCUT2D eigenvalue weighted by molar-refractivity contribution is 6.30. The molecule has 0 saturated heterocycles. The molecule has 18 heavy (non-hydrogen) atoms. The summed E-state index contributed by atoms with van der Waals surface area (Å²) in [4.78, 5) is 23.4. The molecule has 1 aromatic rings. The predicted octanol–water partition coefficient (Wildman–Crippen LogP) is 1.61. The fourth-order valence-electron chi connectivity index (χ4n) is 1.27. The Bertz CT molecular complexity index is 446. The number of hydrogen-bond acceptors (Lipinski definition) is 4. The van der Waals surface area contributed by atoms with E-state index < -0.39 is 17.6 Å². The van der Waals surface area contributed by atoms with E-state index in [1.54, 1.807) is 24.3 Å². The number of carbonyl (C=O) groups excluding carboxylic acids is 2. The number of ether oxygens (including phenoxy) is 2. The molecule has 0 fully saturated rings. The summed E-state index contributed by atoms with van der Waals surface area (Å²) in [7, 11) is 2.52. The van der Waals surface area contributed by atoms with Crippen molar-refractivity contribution in [3.05, 3.63) is 34.9 Å². The minimum absolute atomic E-state index is 0.367. The molecule has 0 unspecified atom stereocenters. The summed E-state index contributed by atoms with van der Waals surface area (Å²) in [6, 6.07) is 6.26. The van der Waals surface area contributed by atoms with Crippen molar-refractivity contribution in [3.63, 3.8) is 0 Å². The molecule has 0 aliphatic rings. The Kier molecular flexibility index (Phi) is 4.69. The van der Waals surface area contributed by atoms with Crippen molar-refractivity contribution in [1.29, 1.82) is 0 Å². The lowest BCUT2D eigenvalue weighted by Crippen LogP contribution is -2.54. The molecule has 1 atom stereocenters. The van der Waals surface area contributed by atoms with Gasteiger partial charge in [-0.05, 0) is 31.2 Å². The van der Waals surface area contributed by atoms with Crippen LogP contribution in [0, 0.1) is 0 Å². The lowest BCUT2D eigenvalue weighted by atomic mass is 10.2. The number of amides is 1. The number of halogens is 1. The first-order valence-corrected chi connectivity index (χ1v) is 5.52. The molecular weight excluding hydrogens is 258 g/mol. The van der Waals surface area contributed by atoms with Crippen molar-refractivity contribution in [2.75, 3.05) is 14.2 Å². The van der Waals surface area contributed by atoms with Crippen molar-refractivity contribution >= 4 is 23.5 Å². The van der Waals surface area contributed by atoms with E-state index in [9.17, 15) is 9.59 Å². The van der Waals surface area contributed by atoms with Gasteiger partial charge in [-0.25, -0.2) is 4.79 Å². The maximum Gasteiger partial charge on any atom is 0.359 e. The summed E-state index contributed by atoms with van der Waals surface area (Å²) in [6.07, 6.45) is 0. The predicted molar refractivity (Wildman–Crippen MR) is 66.3 cm³/mol. The van der Waals surface area contributed by atoms with Gasteiger partial charge in [-0.1, -0.05) is 11.6 Å². The second-order valence-electron chi connectivity index (χ2n) is 3.69. The van der Waals surface area contributed by atoms with E-state index in [2.05, 4.69) is 10.1 Å². The average molecular weight is 272 g/mol. The monoisotopic (exact) mass is 271 g/mol. The molecule has 1 aromatic carbocycles. The Labute approximate surface area is 110 Å². The normalized spacial score (nSPS) is 13.6. The van der Waals surface area contributed by atoms with Crippen LogP contribution in [-0.2, 0) is 14.3 Å². The number of carbonyl (C=O) groups is 2. The second kappa shape index (κ2) is 5.84. The smallest absolute Gasteiger partial charge is 0.359 e. The molecule has 0 heterocycles. The summed E-state index contributed by atoms with van der Waals surface area (Å²) in [5, 5.41) is 2.97. The SMILES string of the molecule is COC(=O)[C@](C)(NC(=O)c1ccc(Cl)cc1)OC. The molecule has 98 valence electrons. The van der Waals surface area contributed by atoms with Crippen molar-refractivity contribution in [3.8, 4) is 0 Å². The minimum atomic E-state index is -1.52. The third kappa shape index (κ3) is 3.21. The summed E-state index contributed by atoms with van der Waals surface area (Å²) in [5.41, 5.74) is -1.16. The molecular formula is C12H14ClNO4. The summed E-state index contributed by atoms with van der Waals surface area (Å²) in [5.74, 6) is -1.14. The van der Waals surface area contributed by atoms with Gasteiger partial charge < -0.3 is 14.8 Å². The van der Waals surface area contributed by atoms with Gasteiger partial charge in [0.05, 0.1) is 7.11 Å². The van der Waals surface area contributed by atoms with Crippen LogP contribution in [0.1, 0.15) is 17.3 Å². The van der Waals surface area contributed by atoms with Crippen LogP contribution in [-0.4, -0.2) is 31.8 Å². The molecule has 1 rings (SSSR count). The third-order valence-electron chi connectivity index (χ3n) is 2.44. The van der Waals surface area contributed by atoms with Crippen LogP contribution in [0.5, 0.6) is 0 Å². The van der Waals surface area contributed by atoms with Gasteiger partial charge >= 0.3 is 5.97 Å². The quantitative estimate of drug-likeness (QED) is 0.667. The summed E-state index contributed by atoms with van der Waals surface area (Å²) in [6.45, 7) is 1.41. The first kappa shape index (κ1) is 14.5. The largest absolute Gasteiger partial charge is 0.465 e. The van der Waals surface area contributed by atoms with Crippen LogP contribution in [0.15, 0.2) is 24.3 Å². The van der Waals surface area contributed by atoms with E-state index >= 15 is 0 Å². The van der Waals surface area contributed by atoms with Gasteiger partial charge in [0.1, 0.15) is 0 Å². The zero-order valence-electron chi connectivity index (χ0n) is 10.3. The lowest BCUT2D eigenvalue weighted by molar-refractivity contribution is -0.166. The molecule has 6 heteroatoms. The molecule has 1 amide bonds. The van der Waals surface area contributed by atoms with Crippen LogP contribution >= 0.6 is 11.6 Å². The van der Waals surface area contributed by atoms with E-state index in [1.165, 1.54) is 21.1 Å². The summed E-state index contributed by atoms with van der Waals surface area (Å²) < 4.78 is 9.54. The Morgan fingerprint density at radius 1 is 1.22 bits per heavy atom. The fraction of sp³-hybridized carbons (Fsp3) is 0.333. The van der Waals surface area contributed by atoms with E-state index in [1.807, 2.05) is 0 Å². The zero-order valence-corrected chi connectivity index (χ0v) is 11.1. The molecule has 0 saturated carbocycles. The minimum Gasteiger partial charge on any atom is -0.465 e. The average Bonchev–Trinajstić information content (AvgIpc) is 2.38. The number of benzene rings is 1. The molecule has 0 radical (unpaired) electrons. The number of esters is 1. The van der Waals surface area contributed by atoms with Crippen LogP contribution < -0.4 is 5.32 Å². The van der Waals surface area contributed by atoms with E-state index in [0.29, 0.717) is 10.6 Å². The first-order valence-electron chi connectivity index (χ1n) is 5.14. The highest BCUT2D eigenvalue weighted by Crippen LogP contribution is 2.12. The maximum absolute atomic E-state index is 11.9. The van der Waals surface area contributed by atoms with Gasteiger partial charge in [0.15, 0.2) is 0 Å². The van der Waals surface area contributed by atoms with Crippen LogP contribution in [0.4, 0.5) is 0 Å². The molecule has 0 spiro atoms.